The maximum absolute atomic E-state index is 12.0. The third kappa shape index (κ3) is 1.65. The predicted molar refractivity (Wildman–Crippen MR) is 92.9 cm³/mol. The Morgan fingerprint density at radius 1 is 1.24 bits per heavy atom. The summed E-state index contributed by atoms with van der Waals surface area (Å²) in [5.41, 5.74) is 1.72. The molecule has 2 saturated heterocycles. The Bertz CT molecular complexity index is 681. The lowest BCUT2D eigenvalue weighted by atomic mass is 9.47. The van der Waals surface area contributed by atoms with Crippen molar-refractivity contribution in [2.75, 3.05) is 13.2 Å². The molecule has 0 bridgehead atoms. The number of cyclic esters (lactones) is 1. The lowest BCUT2D eigenvalue weighted by Gasteiger charge is -2.61. The number of hydrogen-bond acceptors (Lipinski definition) is 4. The molecule has 4 nitrogen and oxygen atoms in total. The molecule has 2 aliphatic carbocycles. The Hall–Kier alpha value is -0.870. The minimum absolute atomic E-state index is 0.0354. The lowest BCUT2D eigenvalue weighted by Crippen LogP contribution is -2.69. The fraction of sp³-hybridized carbons (Fsp3) is 0.857. The van der Waals surface area contributed by atoms with Crippen LogP contribution < -0.4 is 0 Å². The van der Waals surface area contributed by atoms with Crippen molar-refractivity contribution in [3.63, 3.8) is 0 Å². The Kier molecular flexibility index (Phi) is 3.06. The second-order valence-corrected chi connectivity index (χ2v) is 9.74. The van der Waals surface area contributed by atoms with Gasteiger partial charge in [0.1, 0.15) is 17.8 Å². The number of carbonyl (C=O) groups is 1. The molecule has 0 radical (unpaired) electrons. The molecule has 0 aromatic carbocycles. The maximum Gasteiger partial charge on any atom is 0.334 e. The van der Waals surface area contributed by atoms with Crippen LogP contribution in [-0.2, 0) is 19.0 Å². The highest BCUT2D eigenvalue weighted by Crippen LogP contribution is 2.73. The zero-order valence-corrected chi connectivity index (χ0v) is 16.1. The van der Waals surface area contributed by atoms with Gasteiger partial charge in [-0.3, -0.25) is 0 Å². The monoisotopic (exact) mass is 346 g/mol. The van der Waals surface area contributed by atoms with Gasteiger partial charge in [-0.25, -0.2) is 4.79 Å². The number of rotatable bonds is 1. The smallest absolute Gasteiger partial charge is 0.334 e. The third-order valence-corrected chi connectivity index (χ3v) is 8.79. The van der Waals surface area contributed by atoms with E-state index in [1.807, 2.05) is 0 Å². The Morgan fingerprint density at radius 2 is 2.00 bits per heavy atom. The molecule has 4 heteroatoms. The fourth-order valence-electron chi connectivity index (χ4n) is 7.15. The van der Waals surface area contributed by atoms with Crippen molar-refractivity contribution < 1.29 is 19.0 Å². The molecule has 3 fully saturated rings. The molecule has 0 aromatic heterocycles. The van der Waals surface area contributed by atoms with Crippen molar-refractivity contribution >= 4 is 5.97 Å². The van der Waals surface area contributed by atoms with Crippen LogP contribution in [0.2, 0.25) is 0 Å². The van der Waals surface area contributed by atoms with Gasteiger partial charge in [0.2, 0.25) is 0 Å². The first-order chi connectivity index (χ1) is 11.8. The summed E-state index contributed by atoms with van der Waals surface area (Å²) >= 11 is 0. The molecule has 7 unspecified atom stereocenters. The van der Waals surface area contributed by atoms with E-state index in [1.54, 1.807) is 0 Å². The summed E-state index contributed by atoms with van der Waals surface area (Å²) in [6.07, 6.45) is 3.27. The van der Waals surface area contributed by atoms with Crippen molar-refractivity contribution in [3.8, 4) is 0 Å². The Balaban J connectivity index is 1.58. The molecule has 0 aromatic rings. The van der Waals surface area contributed by atoms with Gasteiger partial charge < -0.3 is 14.2 Å². The summed E-state index contributed by atoms with van der Waals surface area (Å²) < 4.78 is 18.6. The average molecular weight is 346 g/mol. The number of esters is 1. The molecule has 1 saturated carbocycles. The lowest BCUT2D eigenvalue weighted by molar-refractivity contribution is -0.235. The van der Waals surface area contributed by atoms with Crippen LogP contribution in [0.5, 0.6) is 0 Å². The standard InChI is InChI=1S/C21H30O4/c1-11(2)14-8-17-21(25-17)19(4)7-6-13-15(9-23-18(13)22)16(19)10-24-20(21,5)12(14)3/h11-12,14,16-17H,6-10H2,1-5H3. The highest BCUT2D eigenvalue weighted by Gasteiger charge is 2.82. The summed E-state index contributed by atoms with van der Waals surface area (Å²) in [5, 5.41) is 0. The Labute approximate surface area is 150 Å². The normalized spacial score (nSPS) is 53.8. The highest BCUT2D eigenvalue weighted by atomic mass is 16.7. The van der Waals surface area contributed by atoms with Crippen LogP contribution in [0.15, 0.2) is 11.1 Å². The minimum Gasteiger partial charge on any atom is -0.458 e. The van der Waals surface area contributed by atoms with E-state index < -0.39 is 0 Å². The van der Waals surface area contributed by atoms with Crippen LogP contribution in [-0.4, -0.2) is 36.5 Å². The average Bonchev–Trinajstić information content (AvgIpc) is 3.20. The molecule has 7 atom stereocenters. The van der Waals surface area contributed by atoms with E-state index >= 15 is 0 Å². The first-order valence-corrected chi connectivity index (χ1v) is 9.97. The molecular weight excluding hydrogens is 316 g/mol. The number of fused-ring (bicyclic) bond motifs is 2. The van der Waals surface area contributed by atoms with Gasteiger partial charge in [0.25, 0.3) is 0 Å². The minimum atomic E-state index is -0.238. The van der Waals surface area contributed by atoms with Gasteiger partial charge in [0, 0.05) is 16.9 Å². The third-order valence-electron chi connectivity index (χ3n) is 8.79. The summed E-state index contributed by atoms with van der Waals surface area (Å²) in [6, 6.07) is 0. The zero-order chi connectivity index (χ0) is 17.8. The number of hydrogen-bond donors (Lipinski definition) is 0. The highest BCUT2D eigenvalue weighted by molar-refractivity contribution is 5.92. The van der Waals surface area contributed by atoms with Crippen LogP contribution in [0.4, 0.5) is 0 Å². The number of ether oxygens (including phenoxy) is 3. The van der Waals surface area contributed by atoms with Crippen LogP contribution in [0.1, 0.15) is 53.9 Å². The molecule has 1 spiro atoms. The largest absolute Gasteiger partial charge is 0.458 e. The Morgan fingerprint density at radius 3 is 2.72 bits per heavy atom. The van der Waals surface area contributed by atoms with Crippen LogP contribution in [0.25, 0.3) is 0 Å². The van der Waals surface area contributed by atoms with Gasteiger partial charge in [-0.05, 0) is 49.5 Å². The van der Waals surface area contributed by atoms with Gasteiger partial charge in [0.05, 0.1) is 12.7 Å². The van der Waals surface area contributed by atoms with E-state index in [0.29, 0.717) is 37.1 Å². The first-order valence-electron chi connectivity index (χ1n) is 9.97. The quantitative estimate of drug-likeness (QED) is 0.539. The van der Waals surface area contributed by atoms with Gasteiger partial charge in [-0.1, -0.05) is 27.7 Å². The van der Waals surface area contributed by atoms with Gasteiger partial charge in [0.15, 0.2) is 0 Å². The van der Waals surface area contributed by atoms with Gasteiger partial charge in [-0.15, -0.1) is 0 Å². The maximum atomic E-state index is 12.0. The molecule has 0 amide bonds. The summed E-state index contributed by atoms with van der Waals surface area (Å²) in [7, 11) is 0. The first kappa shape index (κ1) is 16.3. The second kappa shape index (κ2) is 4.69. The van der Waals surface area contributed by atoms with Crippen molar-refractivity contribution in [2.24, 2.45) is 29.1 Å². The van der Waals surface area contributed by atoms with E-state index in [1.165, 1.54) is 5.57 Å². The molecule has 3 aliphatic heterocycles. The van der Waals surface area contributed by atoms with Gasteiger partial charge in [-0.2, -0.15) is 0 Å². The molecule has 25 heavy (non-hydrogen) atoms. The van der Waals surface area contributed by atoms with E-state index in [9.17, 15) is 4.79 Å². The molecule has 3 heterocycles. The van der Waals surface area contributed by atoms with E-state index in [4.69, 9.17) is 14.2 Å². The molecule has 5 rings (SSSR count). The molecule has 5 aliphatic rings. The zero-order valence-electron chi connectivity index (χ0n) is 16.1. The van der Waals surface area contributed by atoms with Crippen LogP contribution in [0, 0.1) is 29.1 Å². The molecular formula is C21H30O4. The van der Waals surface area contributed by atoms with Crippen LogP contribution >= 0.6 is 0 Å². The topological polar surface area (TPSA) is 48.1 Å². The van der Waals surface area contributed by atoms with E-state index in [0.717, 1.165) is 24.8 Å². The van der Waals surface area contributed by atoms with Crippen molar-refractivity contribution in [3.05, 3.63) is 11.1 Å². The van der Waals surface area contributed by atoms with Crippen molar-refractivity contribution in [2.45, 2.75) is 71.2 Å². The summed E-state index contributed by atoms with van der Waals surface area (Å²) in [5.74, 6) is 1.91. The van der Waals surface area contributed by atoms with Gasteiger partial charge >= 0.3 is 5.97 Å². The second-order valence-electron chi connectivity index (χ2n) is 9.74. The summed E-state index contributed by atoms with van der Waals surface area (Å²) in [4.78, 5) is 12.0. The van der Waals surface area contributed by atoms with Crippen LogP contribution in [0.3, 0.4) is 0 Å². The number of epoxide rings is 1. The SMILES string of the molecule is CC(C)C1CC2OC23C2(C)CCC4=C(COC4=O)C2COC3(C)C1C. The fourth-order valence-corrected chi connectivity index (χ4v) is 7.15. The number of carbonyl (C=O) groups excluding carboxylic acids is 1. The summed E-state index contributed by atoms with van der Waals surface area (Å²) in [6.45, 7) is 12.9. The molecule has 138 valence electrons. The predicted octanol–water partition coefficient (Wildman–Crippen LogP) is 3.49. The van der Waals surface area contributed by atoms with E-state index in [-0.39, 0.29) is 28.5 Å². The van der Waals surface area contributed by atoms with E-state index in [2.05, 4.69) is 34.6 Å². The van der Waals surface area contributed by atoms with Crippen molar-refractivity contribution in [1.82, 2.24) is 0 Å². The molecule has 0 N–H and O–H groups in total. The van der Waals surface area contributed by atoms with Crippen molar-refractivity contribution in [1.29, 1.82) is 0 Å².